The Morgan fingerprint density at radius 3 is 2.32 bits per heavy atom. The van der Waals surface area contributed by atoms with Gasteiger partial charge in [-0.2, -0.15) is 0 Å². The molecule has 6 nitrogen and oxygen atoms in total. The van der Waals surface area contributed by atoms with E-state index in [4.69, 9.17) is 9.47 Å². The molecule has 2 aliphatic heterocycles. The summed E-state index contributed by atoms with van der Waals surface area (Å²) in [5.41, 5.74) is 0.680. The molecule has 1 aromatic carbocycles. The number of carbonyl (C=O) groups excluding carboxylic acids is 2. The summed E-state index contributed by atoms with van der Waals surface area (Å²) in [7, 11) is 0. The van der Waals surface area contributed by atoms with Gasteiger partial charge in [0.1, 0.15) is 5.75 Å². The van der Waals surface area contributed by atoms with Crippen molar-refractivity contribution in [2.75, 3.05) is 46.0 Å². The SMILES string of the molecule is CCCCCOc1ccc(C(=O)N2CCC(C(=O)N3CCOCC3)CC2)cc1. The van der Waals surface area contributed by atoms with Gasteiger partial charge in [0.05, 0.1) is 19.8 Å². The summed E-state index contributed by atoms with van der Waals surface area (Å²) in [5.74, 6) is 1.10. The molecule has 0 N–H and O–H groups in total. The summed E-state index contributed by atoms with van der Waals surface area (Å²) >= 11 is 0. The van der Waals surface area contributed by atoms with Crippen LogP contribution in [-0.4, -0.2) is 67.6 Å². The van der Waals surface area contributed by atoms with Crippen LogP contribution in [0.1, 0.15) is 49.4 Å². The van der Waals surface area contributed by atoms with Gasteiger partial charge in [-0.15, -0.1) is 0 Å². The number of hydrogen-bond acceptors (Lipinski definition) is 4. The Morgan fingerprint density at radius 1 is 1.00 bits per heavy atom. The molecule has 0 radical (unpaired) electrons. The predicted molar refractivity (Wildman–Crippen MR) is 107 cm³/mol. The Labute approximate surface area is 167 Å². The first kappa shape index (κ1) is 20.6. The van der Waals surface area contributed by atoms with E-state index >= 15 is 0 Å². The third-order valence-corrected chi connectivity index (χ3v) is 5.57. The van der Waals surface area contributed by atoms with Gasteiger partial charge in [-0.1, -0.05) is 19.8 Å². The minimum absolute atomic E-state index is 0.0287. The lowest BCUT2D eigenvalue weighted by Crippen LogP contribution is -2.47. The highest BCUT2D eigenvalue weighted by molar-refractivity contribution is 5.94. The molecule has 0 aliphatic carbocycles. The highest BCUT2D eigenvalue weighted by Crippen LogP contribution is 2.22. The first-order chi connectivity index (χ1) is 13.7. The number of carbonyl (C=O) groups is 2. The van der Waals surface area contributed by atoms with E-state index in [1.165, 1.54) is 12.8 Å². The molecule has 2 amide bonds. The van der Waals surface area contributed by atoms with Crippen molar-refractivity contribution in [1.29, 1.82) is 0 Å². The number of benzene rings is 1. The molecule has 1 aromatic rings. The Morgan fingerprint density at radius 2 is 1.68 bits per heavy atom. The van der Waals surface area contributed by atoms with Crippen LogP contribution in [-0.2, 0) is 9.53 Å². The molecule has 0 bridgehead atoms. The molecule has 2 aliphatic rings. The van der Waals surface area contributed by atoms with E-state index < -0.39 is 0 Å². The molecule has 2 saturated heterocycles. The number of likely N-dealkylation sites (tertiary alicyclic amines) is 1. The van der Waals surface area contributed by atoms with Crippen molar-refractivity contribution in [1.82, 2.24) is 9.80 Å². The van der Waals surface area contributed by atoms with Crippen LogP contribution < -0.4 is 4.74 Å². The fourth-order valence-corrected chi connectivity index (χ4v) is 3.79. The topological polar surface area (TPSA) is 59.1 Å². The van der Waals surface area contributed by atoms with Gasteiger partial charge in [0, 0.05) is 37.7 Å². The quantitative estimate of drug-likeness (QED) is 0.674. The highest BCUT2D eigenvalue weighted by atomic mass is 16.5. The number of nitrogens with zero attached hydrogens (tertiary/aromatic N) is 2. The molecule has 2 heterocycles. The maximum Gasteiger partial charge on any atom is 0.253 e. The number of amides is 2. The summed E-state index contributed by atoms with van der Waals surface area (Å²) in [5, 5.41) is 0. The second-order valence-electron chi connectivity index (χ2n) is 7.58. The minimum Gasteiger partial charge on any atom is -0.494 e. The van der Waals surface area contributed by atoms with Crippen molar-refractivity contribution in [3.63, 3.8) is 0 Å². The van der Waals surface area contributed by atoms with E-state index in [0.29, 0.717) is 51.6 Å². The number of rotatable bonds is 7. The van der Waals surface area contributed by atoms with E-state index in [0.717, 1.165) is 25.0 Å². The van der Waals surface area contributed by atoms with E-state index in [2.05, 4.69) is 6.92 Å². The number of ether oxygens (including phenoxy) is 2. The van der Waals surface area contributed by atoms with Gasteiger partial charge in [-0.3, -0.25) is 9.59 Å². The Balaban J connectivity index is 1.46. The zero-order chi connectivity index (χ0) is 19.8. The fraction of sp³-hybridized carbons (Fsp3) is 0.636. The molecule has 6 heteroatoms. The highest BCUT2D eigenvalue weighted by Gasteiger charge is 2.31. The van der Waals surface area contributed by atoms with Gasteiger partial charge in [0.15, 0.2) is 0 Å². The van der Waals surface area contributed by atoms with E-state index in [1.54, 1.807) is 0 Å². The largest absolute Gasteiger partial charge is 0.494 e. The van der Waals surface area contributed by atoms with Gasteiger partial charge in [0.25, 0.3) is 5.91 Å². The zero-order valence-electron chi connectivity index (χ0n) is 16.9. The second-order valence-corrected chi connectivity index (χ2v) is 7.58. The first-order valence-electron chi connectivity index (χ1n) is 10.6. The molecular weight excluding hydrogens is 356 g/mol. The predicted octanol–water partition coefficient (Wildman–Crippen LogP) is 2.97. The molecule has 0 aromatic heterocycles. The van der Waals surface area contributed by atoms with E-state index in [-0.39, 0.29) is 17.7 Å². The minimum atomic E-state index is 0.0287. The molecule has 2 fully saturated rings. The van der Waals surface area contributed by atoms with Gasteiger partial charge < -0.3 is 19.3 Å². The van der Waals surface area contributed by atoms with Crippen LogP contribution in [0.3, 0.4) is 0 Å². The fourth-order valence-electron chi connectivity index (χ4n) is 3.79. The molecule has 28 heavy (non-hydrogen) atoms. The zero-order valence-corrected chi connectivity index (χ0v) is 16.9. The van der Waals surface area contributed by atoms with Crippen molar-refractivity contribution in [2.45, 2.75) is 39.0 Å². The molecular formula is C22H32N2O4. The molecule has 3 rings (SSSR count). The van der Waals surface area contributed by atoms with Crippen molar-refractivity contribution in [2.24, 2.45) is 5.92 Å². The molecule has 0 saturated carbocycles. The molecule has 0 unspecified atom stereocenters. The van der Waals surface area contributed by atoms with Gasteiger partial charge >= 0.3 is 0 Å². The maximum atomic E-state index is 12.8. The number of unbranched alkanes of at least 4 members (excludes halogenated alkanes) is 2. The van der Waals surface area contributed by atoms with Crippen molar-refractivity contribution in [3.8, 4) is 5.75 Å². The monoisotopic (exact) mass is 388 g/mol. The van der Waals surface area contributed by atoms with Crippen LogP contribution in [0.4, 0.5) is 0 Å². The van der Waals surface area contributed by atoms with Crippen LogP contribution in [0, 0.1) is 5.92 Å². The third kappa shape index (κ3) is 5.47. The lowest BCUT2D eigenvalue weighted by atomic mass is 9.94. The number of piperidine rings is 1. The van der Waals surface area contributed by atoms with E-state index in [9.17, 15) is 9.59 Å². The third-order valence-electron chi connectivity index (χ3n) is 5.57. The number of morpholine rings is 1. The average molecular weight is 389 g/mol. The lowest BCUT2D eigenvalue weighted by Gasteiger charge is -2.35. The Kier molecular flexibility index (Phi) is 7.71. The average Bonchev–Trinajstić information content (AvgIpc) is 2.77. The number of hydrogen-bond donors (Lipinski definition) is 0. The van der Waals surface area contributed by atoms with Gasteiger partial charge in [-0.05, 0) is 43.5 Å². The first-order valence-corrected chi connectivity index (χ1v) is 10.6. The van der Waals surface area contributed by atoms with Crippen LogP contribution >= 0.6 is 0 Å². The second kappa shape index (κ2) is 10.5. The Hall–Kier alpha value is -2.08. The molecule has 0 spiro atoms. The summed E-state index contributed by atoms with van der Waals surface area (Å²) in [6.45, 7) is 6.77. The van der Waals surface area contributed by atoms with Gasteiger partial charge in [0.2, 0.25) is 5.91 Å². The lowest BCUT2D eigenvalue weighted by molar-refractivity contribution is -0.141. The summed E-state index contributed by atoms with van der Waals surface area (Å²) in [6.07, 6.45) is 4.86. The van der Waals surface area contributed by atoms with Crippen LogP contribution in [0.2, 0.25) is 0 Å². The summed E-state index contributed by atoms with van der Waals surface area (Å²) in [4.78, 5) is 29.1. The van der Waals surface area contributed by atoms with Gasteiger partial charge in [-0.25, -0.2) is 0 Å². The van der Waals surface area contributed by atoms with Crippen LogP contribution in [0.5, 0.6) is 5.75 Å². The molecule has 0 atom stereocenters. The van der Waals surface area contributed by atoms with Crippen molar-refractivity contribution in [3.05, 3.63) is 29.8 Å². The summed E-state index contributed by atoms with van der Waals surface area (Å²) < 4.78 is 11.0. The smallest absolute Gasteiger partial charge is 0.253 e. The van der Waals surface area contributed by atoms with Crippen molar-refractivity contribution < 1.29 is 19.1 Å². The normalized spacial score (nSPS) is 18.2. The molecule has 154 valence electrons. The standard InChI is InChI=1S/C22H32N2O4/c1-2-3-4-15-28-20-7-5-18(6-8-20)21(25)23-11-9-19(10-12-23)22(26)24-13-16-27-17-14-24/h5-8,19H,2-4,9-17H2,1H3. The van der Waals surface area contributed by atoms with Crippen molar-refractivity contribution >= 4 is 11.8 Å². The van der Waals surface area contributed by atoms with Crippen LogP contribution in [0.15, 0.2) is 24.3 Å². The summed E-state index contributed by atoms with van der Waals surface area (Å²) in [6, 6.07) is 7.41. The maximum absolute atomic E-state index is 12.8. The van der Waals surface area contributed by atoms with Crippen LogP contribution in [0.25, 0.3) is 0 Å². The van der Waals surface area contributed by atoms with E-state index in [1.807, 2.05) is 34.1 Å². The Bertz CT molecular complexity index is 632.